The van der Waals surface area contributed by atoms with Crippen LogP contribution in [0.5, 0.6) is 0 Å². The highest BCUT2D eigenvalue weighted by atomic mass is 79.9. The Morgan fingerprint density at radius 1 is 1.35 bits per heavy atom. The molecule has 20 heavy (non-hydrogen) atoms. The van der Waals surface area contributed by atoms with Gasteiger partial charge in [-0.25, -0.2) is 0 Å². The van der Waals surface area contributed by atoms with E-state index in [4.69, 9.17) is 11.6 Å². The molecule has 0 aliphatic carbocycles. The van der Waals surface area contributed by atoms with Crippen molar-refractivity contribution >= 4 is 39.3 Å². The second-order valence-corrected chi connectivity index (χ2v) is 6.07. The maximum absolute atomic E-state index is 12.4. The molecule has 1 heterocycles. The average molecular weight is 360 g/mol. The summed E-state index contributed by atoms with van der Waals surface area (Å²) in [6, 6.07) is 5.19. The van der Waals surface area contributed by atoms with Crippen molar-refractivity contribution in [3.63, 3.8) is 0 Å². The Balaban J connectivity index is 2.01. The van der Waals surface area contributed by atoms with Crippen LogP contribution in [0, 0.1) is 5.92 Å². The van der Waals surface area contributed by atoms with E-state index in [1.54, 1.807) is 30.1 Å². The number of carbonyl (C=O) groups excluding carboxylic acids is 2. The van der Waals surface area contributed by atoms with Gasteiger partial charge in [0.1, 0.15) is 0 Å². The zero-order valence-electron chi connectivity index (χ0n) is 11.2. The Bertz CT molecular complexity index is 528. The molecule has 0 spiro atoms. The van der Waals surface area contributed by atoms with Gasteiger partial charge in [-0.1, -0.05) is 11.6 Å². The number of nitrogens with one attached hydrogen (secondary N) is 1. The first-order valence-corrected chi connectivity index (χ1v) is 7.66. The molecular formula is C14H16BrClN2O2. The lowest BCUT2D eigenvalue weighted by molar-refractivity contribution is -0.125. The van der Waals surface area contributed by atoms with Gasteiger partial charge in [0.15, 0.2) is 0 Å². The number of amides is 2. The van der Waals surface area contributed by atoms with Crippen LogP contribution >= 0.6 is 27.5 Å². The van der Waals surface area contributed by atoms with Crippen LogP contribution in [0.25, 0.3) is 0 Å². The number of hydrogen-bond acceptors (Lipinski definition) is 2. The van der Waals surface area contributed by atoms with Crippen molar-refractivity contribution in [1.82, 2.24) is 10.2 Å². The third-order valence-electron chi connectivity index (χ3n) is 3.57. The predicted molar refractivity (Wildman–Crippen MR) is 81.8 cm³/mol. The minimum absolute atomic E-state index is 0.0116. The predicted octanol–water partition coefficient (Wildman–Crippen LogP) is 2.70. The highest BCUT2D eigenvalue weighted by Crippen LogP contribution is 2.25. The van der Waals surface area contributed by atoms with Gasteiger partial charge >= 0.3 is 0 Å². The van der Waals surface area contributed by atoms with E-state index in [-0.39, 0.29) is 17.7 Å². The fourth-order valence-corrected chi connectivity index (χ4v) is 2.79. The number of nitrogens with zero attached hydrogens (tertiary/aromatic N) is 1. The molecule has 0 atom stereocenters. The van der Waals surface area contributed by atoms with Crippen molar-refractivity contribution in [1.29, 1.82) is 0 Å². The van der Waals surface area contributed by atoms with E-state index >= 15 is 0 Å². The lowest BCUT2D eigenvalue weighted by Gasteiger charge is -2.31. The van der Waals surface area contributed by atoms with Gasteiger partial charge in [-0.15, -0.1) is 0 Å². The van der Waals surface area contributed by atoms with E-state index in [9.17, 15) is 9.59 Å². The second kappa shape index (κ2) is 6.59. The number of likely N-dealkylation sites (tertiary alicyclic amines) is 1. The first-order valence-electron chi connectivity index (χ1n) is 6.49. The molecule has 4 nitrogen and oxygen atoms in total. The smallest absolute Gasteiger partial charge is 0.253 e. The Hall–Kier alpha value is -1.07. The Labute approximate surface area is 131 Å². The normalized spacial score (nSPS) is 16.1. The molecule has 2 rings (SSSR count). The lowest BCUT2D eigenvalue weighted by Crippen LogP contribution is -2.42. The Kier molecular flexibility index (Phi) is 5.05. The third-order valence-corrected chi connectivity index (χ3v) is 4.80. The molecule has 2 amide bonds. The molecule has 1 aromatic carbocycles. The minimum Gasteiger partial charge on any atom is -0.359 e. The Morgan fingerprint density at radius 3 is 2.55 bits per heavy atom. The van der Waals surface area contributed by atoms with Crippen LogP contribution in [0.15, 0.2) is 22.7 Å². The van der Waals surface area contributed by atoms with Crippen molar-refractivity contribution in [3.8, 4) is 0 Å². The summed E-state index contributed by atoms with van der Waals surface area (Å²) in [7, 11) is 1.64. The van der Waals surface area contributed by atoms with Crippen molar-refractivity contribution in [2.24, 2.45) is 5.92 Å². The summed E-state index contributed by atoms with van der Waals surface area (Å²) in [5.74, 6) is 0.0381. The summed E-state index contributed by atoms with van der Waals surface area (Å²) in [5.41, 5.74) is 0.580. The molecule has 6 heteroatoms. The maximum atomic E-state index is 12.4. The largest absolute Gasteiger partial charge is 0.359 e. The van der Waals surface area contributed by atoms with Gasteiger partial charge in [-0.3, -0.25) is 9.59 Å². The van der Waals surface area contributed by atoms with Gasteiger partial charge < -0.3 is 10.2 Å². The van der Waals surface area contributed by atoms with E-state index in [1.807, 2.05) is 0 Å². The Morgan fingerprint density at radius 2 is 2.00 bits per heavy atom. The van der Waals surface area contributed by atoms with Crippen LogP contribution in [0.1, 0.15) is 23.2 Å². The summed E-state index contributed by atoms with van der Waals surface area (Å²) in [5, 5.41) is 3.18. The molecule has 0 radical (unpaired) electrons. The fourth-order valence-electron chi connectivity index (χ4n) is 2.36. The molecule has 0 unspecified atom stereocenters. The number of halogens is 2. The molecule has 1 fully saturated rings. The van der Waals surface area contributed by atoms with Crippen molar-refractivity contribution in [2.45, 2.75) is 12.8 Å². The van der Waals surface area contributed by atoms with Crippen molar-refractivity contribution in [3.05, 3.63) is 33.3 Å². The van der Waals surface area contributed by atoms with E-state index in [1.165, 1.54) is 0 Å². The van der Waals surface area contributed by atoms with Gasteiger partial charge in [0.25, 0.3) is 5.91 Å². The van der Waals surface area contributed by atoms with Gasteiger partial charge in [-0.2, -0.15) is 0 Å². The van der Waals surface area contributed by atoms with Crippen LogP contribution in [-0.2, 0) is 4.79 Å². The third kappa shape index (κ3) is 3.33. The SMILES string of the molecule is CNC(=O)C1CCN(C(=O)c2ccc(Br)c(Cl)c2)CC1. The first-order chi connectivity index (χ1) is 9.52. The number of piperidine rings is 1. The molecule has 1 N–H and O–H groups in total. The van der Waals surface area contributed by atoms with Crippen LogP contribution in [0.4, 0.5) is 0 Å². The summed E-state index contributed by atoms with van der Waals surface area (Å²) in [4.78, 5) is 25.7. The number of carbonyl (C=O) groups is 2. The summed E-state index contributed by atoms with van der Waals surface area (Å²) < 4.78 is 0.772. The van der Waals surface area contributed by atoms with Crippen LogP contribution in [-0.4, -0.2) is 36.9 Å². The first kappa shape index (κ1) is 15.3. The monoisotopic (exact) mass is 358 g/mol. The minimum atomic E-state index is -0.0326. The molecule has 1 aliphatic heterocycles. The van der Waals surface area contributed by atoms with Gasteiger partial charge in [0, 0.05) is 36.1 Å². The fraction of sp³-hybridized carbons (Fsp3) is 0.429. The molecule has 1 aromatic rings. The topological polar surface area (TPSA) is 49.4 Å². The molecule has 1 saturated heterocycles. The van der Waals surface area contributed by atoms with E-state index in [0.717, 1.165) is 4.47 Å². The van der Waals surface area contributed by atoms with Crippen molar-refractivity contribution in [2.75, 3.05) is 20.1 Å². The second-order valence-electron chi connectivity index (χ2n) is 4.81. The van der Waals surface area contributed by atoms with E-state index in [2.05, 4.69) is 21.2 Å². The van der Waals surface area contributed by atoms with Crippen LogP contribution in [0.2, 0.25) is 5.02 Å². The van der Waals surface area contributed by atoms with Gasteiger partial charge in [-0.05, 0) is 47.0 Å². The summed E-state index contributed by atoms with van der Waals surface area (Å²) >= 11 is 9.31. The zero-order chi connectivity index (χ0) is 14.7. The van der Waals surface area contributed by atoms with Crippen molar-refractivity contribution < 1.29 is 9.59 Å². The number of rotatable bonds is 2. The standard InChI is InChI=1S/C14H16BrClN2O2/c1-17-13(19)9-4-6-18(7-5-9)14(20)10-2-3-11(15)12(16)8-10/h2-3,8-9H,4-7H2,1H3,(H,17,19). The molecule has 0 aromatic heterocycles. The molecule has 1 aliphatic rings. The van der Waals surface area contributed by atoms with E-state index in [0.29, 0.717) is 36.5 Å². The maximum Gasteiger partial charge on any atom is 0.253 e. The highest BCUT2D eigenvalue weighted by Gasteiger charge is 2.27. The summed E-state index contributed by atoms with van der Waals surface area (Å²) in [6.07, 6.45) is 1.41. The number of benzene rings is 1. The molecule has 0 saturated carbocycles. The van der Waals surface area contributed by atoms with Gasteiger partial charge in [0.2, 0.25) is 5.91 Å². The zero-order valence-corrected chi connectivity index (χ0v) is 13.5. The van der Waals surface area contributed by atoms with Crippen LogP contribution < -0.4 is 5.32 Å². The van der Waals surface area contributed by atoms with E-state index < -0.39 is 0 Å². The molecular weight excluding hydrogens is 344 g/mol. The average Bonchev–Trinajstić information content (AvgIpc) is 2.48. The quantitative estimate of drug-likeness (QED) is 0.882. The highest BCUT2D eigenvalue weighted by molar-refractivity contribution is 9.10. The lowest BCUT2D eigenvalue weighted by atomic mass is 9.95. The van der Waals surface area contributed by atoms with Gasteiger partial charge in [0.05, 0.1) is 5.02 Å². The summed E-state index contributed by atoms with van der Waals surface area (Å²) in [6.45, 7) is 1.20. The molecule has 0 bridgehead atoms. The number of hydrogen-bond donors (Lipinski definition) is 1. The van der Waals surface area contributed by atoms with Crippen LogP contribution in [0.3, 0.4) is 0 Å². The molecule has 108 valence electrons.